The van der Waals surface area contributed by atoms with E-state index in [1.54, 1.807) is 11.8 Å². The van der Waals surface area contributed by atoms with Gasteiger partial charge >= 0.3 is 0 Å². The highest BCUT2D eigenvalue weighted by Gasteiger charge is 2.27. The molecule has 2 aromatic heterocycles. The van der Waals surface area contributed by atoms with Crippen molar-refractivity contribution in [3.05, 3.63) is 17.1 Å². The van der Waals surface area contributed by atoms with Gasteiger partial charge in [0.15, 0.2) is 0 Å². The number of methoxy groups -OCH3 is 1. The number of rotatable bonds is 5. The van der Waals surface area contributed by atoms with E-state index in [1.165, 1.54) is 5.56 Å². The first-order valence-electron chi connectivity index (χ1n) is 8.29. The highest BCUT2D eigenvalue weighted by atomic mass is 16.5. The summed E-state index contributed by atoms with van der Waals surface area (Å²) in [4.78, 5) is 8.78. The van der Waals surface area contributed by atoms with Gasteiger partial charge in [-0.05, 0) is 38.0 Å². The minimum absolute atomic E-state index is 0.347. The molecule has 1 aliphatic rings. The van der Waals surface area contributed by atoms with Crippen molar-refractivity contribution in [1.29, 1.82) is 0 Å². The van der Waals surface area contributed by atoms with Crippen molar-refractivity contribution in [2.45, 2.75) is 32.2 Å². The van der Waals surface area contributed by atoms with Crippen molar-refractivity contribution >= 4 is 5.95 Å². The Hall–Kier alpha value is -2.09. The fraction of sp³-hybridized carbons (Fsp3) is 0.688. The third kappa shape index (κ3) is 3.24. The van der Waals surface area contributed by atoms with E-state index in [1.807, 2.05) is 33.0 Å². The summed E-state index contributed by atoms with van der Waals surface area (Å²) in [6.07, 6.45) is 2.05. The molecule has 2 aromatic rings. The molecular formula is C16H26N6O2. The third-order valence-corrected chi connectivity index (χ3v) is 4.63. The van der Waals surface area contributed by atoms with Gasteiger partial charge in [0.1, 0.15) is 0 Å². The van der Waals surface area contributed by atoms with E-state index in [-0.39, 0.29) is 0 Å². The SMILES string of the molecule is COc1c(CN2CCC(c3nc(N(C)C)no3)CC2)c(C)nn1C. The molecule has 8 heteroatoms. The number of hydrogen-bond acceptors (Lipinski definition) is 7. The van der Waals surface area contributed by atoms with Crippen molar-refractivity contribution in [1.82, 2.24) is 24.8 Å². The molecular weight excluding hydrogens is 308 g/mol. The molecule has 0 amide bonds. The molecule has 0 unspecified atom stereocenters. The topological polar surface area (TPSA) is 72.5 Å². The molecule has 0 aliphatic carbocycles. The van der Waals surface area contributed by atoms with Gasteiger partial charge < -0.3 is 14.2 Å². The zero-order valence-corrected chi connectivity index (χ0v) is 15.1. The van der Waals surface area contributed by atoms with E-state index < -0.39 is 0 Å². The Bertz CT molecular complexity index is 685. The Balaban J connectivity index is 1.61. The second-order valence-electron chi connectivity index (χ2n) is 6.57. The molecule has 1 fully saturated rings. The van der Waals surface area contributed by atoms with Crippen LogP contribution in [-0.2, 0) is 13.6 Å². The third-order valence-electron chi connectivity index (χ3n) is 4.63. The zero-order valence-electron chi connectivity index (χ0n) is 15.1. The van der Waals surface area contributed by atoms with E-state index in [4.69, 9.17) is 9.26 Å². The van der Waals surface area contributed by atoms with E-state index >= 15 is 0 Å². The minimum atomic E-state index is 0.347. The highest BCUT2D eigenvalue weighted by Crippen LogP contribution is 2.30. The lowest BCUT2D eigenvalue weighted by Crippen LogP contribution is -2.32. The second-order valence-corrected chi connectivity index (χ2v) is 6.57. The number of anilines is 1. The molecule has 24 heavy (non-hydrogen) atoms. The molecule has 0 radical (unpaired) electrons. The van der Waals surface area contributed by atoms with Gasteiger partial charge in [-0.1, -0.05) is 0 Å². The molecule has 1 aliphatic heterocycles. The van der Waals surface area contributed by atoms with E-state index in [0.29, 0.717) is 11.9 Å². The summed E-state index contributed by atoms with van der Waals surface area (Å²) in [6.45, 7) is 4.90. The molecule has 3 rings (SSSR count). The Morgan fingerprint density at radius 3 is 2.58 bits per heavy atom. The summed E-state index contributed by atoms with van der Waals surface area (Å²) in [5.74, 6) is 2.60. The van der Waals surface area contributed by atoms with Crippen molar-refractivity contribution in [2.24, 2.45) is 7.05 Å². The van der Waals surface area contributed by atoms with Crippen LogP contribution in [0.4, 0.5) is 5.95 Å². The maximum Gasteiger partial charge on any atom is 0.265 e. The van der Waals surface area contributed by atoms with Gasteiger partial charge in [-0.15, -0.1) is 0 Å². The van der Waals surface area contributed by atoms with Crippen LogP contribution in [0, 0.1) is 6.92 Å². The first-order valence-corrected chi connectivity index (χ1v) is 8.29. The Labute approximate surface area is 142 Å². The van der Waals surface area contributed by atoms with Crippen LogP contribution in [0.15, 0.2) is 4.52 Å². The first-order chi connectivity index (χ1) is 11.5. The summed E-state index contributed by atoms with van der Waals surface area (Å²) in [7, 11) is 7.45. The molecule has 132 valence electrons. The van der Waals surface area contributed by atoms with Crippen LogP contribution in [0.2, 0.25) is 0 Å². The van der Waals surface area contributed by atoms with Crippen LogP contribution in [0.5, 0.6) is 5.88 Å². The quantitative estimate of drug-likeness (QED) is 0.821. The smallest absolute Gasteiger partial charge is 0.265 e. The summed E-state index contributed by atoms with van der Waals surface area (Å²) in [6, 6.07) is 0. The standard InChI is InChI=1S/C16H26N6O2/c1-11-13(15(23-5)21(4)18-11)10-22-8-6-12(7-9-22)14-17-16(19-24-14)20(2)3/h12H,6-10H2,1-5H3. The monoisotopic (exact) mass is 334 g/mol. The van der Waals surface area contributed by atoms with Crippen LogP contribution in [0.1, 0.15) is 35.9 Å². The molecule has 0 aromatic carbocycles. The van der Waals surface area contributed by atoms with E-state index in [0.717, 1.165) is 49.9 Å². The van der Waals surface area contributed by atoms with Gasteiger partial charge in [0, 0.05) is 33.6 Å². The summed E-state index contributed by atoms with van der Waals surface area (Å²) < 4.78 is 12.7. The predicted octanol–water partition coefficient (Wildman–Crippen LogP) is 1.57. The maximum atomic E-state index is 5.49. The zero-order chi connectivity index (χ0) is 17.3. The second kappa shape index (κ2) is 6.80. The lowest BCUT2D eigenvalue weighted by atomic mass is 9.96. The van der Waals surface area contributed by atoms with Crippen molar-refractivity contribution in [3.8, 4) is 5.88 Å². The summed E-state index contributed by atoms with van der Waals surface area (Å²) in [5, 5.41) is 8.47. The average molecular weight is 334 g/mol. The van der Waals surface area contributed by atoms with Crippen LogP contribution in [0.25, 0.3) is 0 Å². The number of nitrogens with zero attached hydrogens (tertiary/aromatic N) is 6. The van der Waals surface area contributed by atoms with E-state index in [9.17, 15) is 0 Å². The largest absolute Gasteiger partial charge is 0.481 e. The Morgan fingerprint density at radius 1 is 1.29 bits per heavy atom. The molecule has 0 saturated carbocycles. The number of hydrogen-bond donors (Lipinski definition) is 0. The molecule has 0 spiro atoms. The van der Waals surface area contributed by atoms with Gasteiger partial charge in [-0.25, -0.2) is 4.68 Å². The normalized spacial score (nSPS) is 16.5. The van der Waals surface area contributed by atoms with Crippen molar-refractivity contribution in [3.63, 3.8) is 0 Å². The van der Waals surface area contributed by atoms with Crippen molar-refractivity contribution in [2.75, 3.05) is 39.2 Å². The van der Waals surface area contributed by atoms with Crippen LogP contribution < -0.4 is 9.64 Å². The highest BCUT2D eigenvalue weighted by molar-refractivity contribution is 5.31. The number of ether oxygens (including phenoxy) is 1. The fourth-order valence-electron chi connectivity index (χ4n) is 3.25. The molecule has 0 atom stereocenters. The summed E-state index contributed by atoms with van der Waals surface area (Å²) in [5.41, 5.74) is 2.20. The fourth-order valence-corrected chi connectivity index (χ4v) is 3.25. The Kier molecular flexibility index (Phi) is 4.75. The molecule has 0 bridgehead atoms. The molecule has 1 saturated heterocycles. The molecule has 3 heterocycles. The van der Waals surface area contributed by atoms with Gasteiger partial charge in [0.05, 0.1) is 18.4 Å². The number of aryl methyl sites for hydroxylation is 2. The average Bonchev–Trinajstić information content (AvgIpc) is 3.14. The Morgan fingerprint density at radius 2 is 2.00 bits per heavy atom. The summed E-state index contributed by atoms with van der Waals surface area (Å²) >= 11 is 0. The molecule has 8 nitrogen and oxygen atoms in total. The number of likely N-dealkylation sites (tertiary alicyclic amines) is 1. The van der Waals surface area contributed by atoms with Crippen LogP contribution in [-0.4, -0.2) is 59.1 Å². The van der Waals surface area contributed by atoms with Gasteiger partial charge in [-0.3, -0.25) is 4.90 Å². The van der Waals surface area contributed by atoms with Gasteiger partial charge in [-0.2, -0.15) is 10.1 Å². The van der Waals surface area contributed by atoms with Gasteiger partial charge in [0.2, 0.25) is 11.8 Å². The molecule has 0 N–H and O–H groups in total. The maximum absolute atomic E-state index is 5.49. The number of piperidine rings is 1. The predicted molar refractivity (Wildman–Crippen MR) is 90.4 cm³/mol. The minimum Gasteiger partial charge on any atom is -0.481 e. The number of aromatic nitrogens is 4. The van der Waals surface area contributed by atoms with E-state index in [2.05, 4.69) is 20.1 Å². The first kappa shape index (κ1) is 16.8. The van der Waals surface area contributed by atoms with Crippen LogP contribution in [0.3, 0.4) is 0 Å². The van der Waals surface area contributed by atoms with Crippen LogP contribution >= 0.6 is 0 Å². The van der Waals surface area contributed by atoms with Gasteiger partial charge in [0.25, 0.3) is 5.95 Å². The lowest BCUT2D eigenvalue weighted by molar-refractivity contribution is 0.185. The van der Waals surface area contributed by atoms with Crippen molar-refractivity contribution < 1.29 is 9.26 Å². The lowest BCUT2D eigenvalue weighted by Gasteiger charge is -2.30.